The van der Waals surface area contributed by atoms with Gasteiger partial charge in [0.05, 0.1) is 6.61 Å². The highest BCUT2D eigenvalue weighted by Gasteiger charge is 2.54. The minimum atomic E-state index is -2.51. The van der Waals surface area contributed by atoms with E-state index in [2.05, 4.69) is 10.3 Å². The van der Waals surface area contributed by atoms with Crippen LogP contribution in [-0.2, 0) is 9.57 Å². The molecule has 1 aliphatic rings. The van der Waals surface area contributed by atoms with Crippen LogP contribution in [0.5, 0.6) is 0 Å². The minimum absolute atomic E-state index is 0.639. The summed E-state index contributed by atoms with van der Waals surface area (Å²) in [6, 6.07) is 0. The van der Waals surface area contributed by atoms with E-state index in [1.807, 2.05) is 0 Å². The Labute approximate surface area is 85.6 Å². The lowest BCUT2D eigenvalue weighted by atomic mass is 9.98. The van der Waals surface area contributed by atoms with Gasteiger partial charge in [-0.1, -0.05) is 0 Å². The van der Waals surface area contributed by atoms with Crippen LogP contribution < -0.4 is 5.48 Å². The molecule has 6 N–H and O–H groups in total. The van der Waals surface area contributed by atoms with Crippen LogP contribution in [0.4, 0.5) is 0 Å². The summed E-state index contributed by atoms with van der Waals surface area (Å²) in [5, 5.41) is 46.4. The highest BCUT2D eigenvalue weighted by Crippen LogP contribution is 2.28. The van der Waals surface area contributed by atoms with Gasteiger partial charge in [0.1, 0.15) is 18.3 Å². The SMILES string of the molecule is CNO[C@@]1(O)OC(CO)[C@@H](O)C(O)C1O. The summed E-state index contributed by atoms with van der Waals surface area (Å²) in [7, 11) is 1.30. The predicted molar refractivity (Wildman–Crippen MR) is 45.1 cm³/mol. The summed E-state index contributed by atoms with van der Waals surface area (Å²) in [5.41, 5.74) is 2.08. The van der Waals surface area contributed by atoms with Crippen molar-refractivity contribution < 1.29 is 35.1 Å². The molecule has 3 unspecified atom stereocenters. The highest BCUT2D eigenvalue weighted by atomic mass is 16.9. The second-order valence-electron chi connectivity index (χ2n) is 3.20. The first kappa shape index (κ1) is 12.7. The minimum Gasteiger partial charge on any atom is -0.394 e. The third-order valence-electron chi connectivity index (χ3n) is 2.18. The fourth-order valence-corrected chi connectivity index (χ4v) is 1.35. The summed E-state index contributed by atoms with van der Waals surface area (Å²) in [6.45, 7) is -0.639. The van der Waals surface area contributed by atoms with Gasteiger partial charge < -0.3 is 30.3 Å². The van der Waals surface area contributed by atoms with E-state index in [1.54, 1.807) is 0 Å². The molecule has 5 atom stereocenters. The number of ether oxygens (including phenoxy) is 1. The van der Waals surface area contributed by atoms with E-state index in [0.29, 0.717) is 0 Å². The Kier molecular flexibility index (Phi) is 3.98. The molecule has 0 aromatic rings. The van der Waals surface area contributed by atoms with Crippen LogP contribution in [0.15, 0.2) is 0 Å². The van der Waals surface area contributed by atoms with Gasteiger partial charge in [-0.05, 0) is 0 Å². The van der Waals surface area contributed by atoms with E-state index in [4.69, 9.17) is 9.84 Å². The predicted octanol–water partition coefficient (Wildman–Crippen LogP) is -3.74. The normalized spacial score (nSPS) is 46.8. The average Bonchev–Trinajstić information content (AvgIpc) is 2.21. The summed E-state index contributed by atoms with van der Waals surface area (Å²) >= 11 is 0. The molecule has 0 aromatic carbocycles. The van der Waals surface area contributed by atoms with Gasteiger partial charge in [-0.15, -0.1) is 0 Å². The van der Waals surface area contributed by atoms with E-state index in [0.717, 1.165) is 0 Å². The Morgan fingerprint density at radius 3 is 2.40 bits per heavy atom. The van der Waals surface area contributed by atoms with E-state index in [1.165, 1.54) is 7.05 Å². The second kappa shape index (κ2) is 4.68. The van der Waals surface area contributed by atoms with Crippen molar-refractivity contribution in [2.75, 3.05) is 13.7 Å². The molecule has 90 valence electrons. The molecule has 1 fully saturated rings. The quantitative estimate of drug-likeness (QED) is 0.213. The number of aliphatic hydroxyl groups is 5. The lowest BCUT2D eigenvalue weighted by Crippen LogP contribution is -2.67. The molecule has 0 amide bonds. The number of rotatable bonds is 3. The lowest BCUT2D eigenvalue weighted by molar-refractivity contribution is -0.461. The van der Waals surface area contributed by atoms with Gasteiger partial charge in [-0.25, -0.2) is 4.84 Å². The largest absolute Gasteiger partial charge is 0.394 e. The summed E-state index contributed by atoms with van der Waals surface area (Å²) in [5.74, 6) is -2.51. The molecule has 8 heteroatoms. The molecule has 1 aliphatic heterocycles. The smallest absolute Gasteiger partial charge is 0.327 e. The second-order valence-corrected chi connectivity index (χ2v) is 3.20. The Morgan fingerprint density at radius 1 is 1.33 bits per heavy atom. The first-order valence-corrected chi connectivity index (χ1v) is 4.36. The van der Waals surface area contributed by atoms with Crippen molar-refractivity contribution in [2.24, 2.45) is 0 Å². The van der Waals surface area contributed by atoms with Gasteiger partial charge in [0.25, 0.3) is 0 Å². The number of hydrogen-bond donors (Lipinski definition) is 6. The molecular weight excluding hydrogens is 210 g/mol. The molecule has 0 aliphatic carbocycles. The van der Waals surface area contributed by atoms with Crippen LogP contribution in [0.25, 0.3) is 0 Å². The Bertz CT molecular complexity index is 214. The van der Waals surface area contributed by atoms with Crippen molar-refractivity contribution in [2.45, 2.75) is 30.4 Å². The zero-order chi connectivity index (χ0) is 11.6. The summed E-state index contributed by atoms with van der Waals surface area (Å²) in [4.78, 5) is 4.48. The topological polar surface area (TPSA) is 132 Å². The lowest BCUT2D eigenvalue weighted by Gasteiger charge is -2.43. The van der Waals surface area contributed by atoms with Gasteiger partial charge in [-0.2, -0.15) is 5.48 Å². The van der Waals surface area contributed by atoms with Crippen LogP contribution in [-0.4, -0.2) is 69.6 Å². The van der Waals surface area contributed by atoms with Gasteiger partial charge in [0.2, 0.25) is 0 Å². The third kappa shape index (κ3) is 2.27. The molecule has 0 aromatic heterocycles. The Hall–Kier alpha value is -0.320. The third-order valence-corrected chi connectivity index (χ3v) is 2.18. The van der Waals surface area contributed by atoms with Crippen molar-refractivity contribution in [3.63, 3.8) is 0 Å². The van der Waals surface area contributed by atoms with Crippen LogP contribution in [0.1, 0.15) is 0 Å². The number of nitrogens with one attached hydrogen (secondary N) is 1. The standard InChI is InChI=1S/C7H15NO7/c1-8-15-7(13)6(12)5(11)4(10)3(2-9)14-7/h3-6,8-13H,2H2,1H3/t3?,4-,5?,6?,7+/m1/s1. The Morgan fingerprint density at radius 2 is 1.93 bits per heavy atom. The zero-order valence-corrected chi connectivity index (χ0v) is 8.07. The van der Waals surface area contributed by atoms with Gasteiger partial charge >= 0.3 is 5.97 Å². The maximum absolute atomic E-state index is 9.59. The first-order chi connectivity index (χ1) is 6.96. The monoisotopic (exact) mass is 225 g/mol. The van der Waals surface area contributed by atoms with Crippen LogP contribution in [0.3, 0.4) is 0 Å². The van der Waals surface area contributed by atoms with Crippen molar-refractivity contribution in [3.8, 4) is 0 Å². The van der Waals surface area contributed by atoms with E-state index in [9.17, 15) is 20.4 Å². The van der Waals surface area contributed by atoms with Crippen molar-refractivity contribution in [1.29, 1.82) is 0 Å². The molecular formula is C7H15NO7. The number of hydroxylamine groups is 1. The molecule has 1 heterocycles. The molecule has 15 heavy (non-hydrogen) atoms. The maximum Gasteiger partial charge on any atom is 0.327 e. The molecule has 1 rings (SSSR count). The molecule has 0 saturated carbocycles. The van der Waals surface area contributed by atoms with Crippen LogP contribution in [0, 0.1) is 0 Å². The number of aliphatic hydroxyl groups excluding tert-OH is 4. The van der Waals surface area contributed by atoms with E-state index >= 15 is 0 Å². The van der Waals surface area contributed by atoms with E-state index in [-0.39, 0.29) is 0 Å². The van der Waals surface area contributed by atoms with Gasteiger partial charge in [0.15, 0.2) is 6.10 Å². The van der Waals surface area contributed by atoms with Crippen molar-refractivity contribution in [3.05, 3.63) is 0 Å². The maximum atomic E-state index is 9.59. The molecule has 8 nitrogen and oxygen atoms in total. The van der Waals surface area contributed by atoms with Gasteiger partial charge in [-0.3, -0.25) is 0 Å². The number of hydrogen-bond acceptors (Lipinski definition) is 8. The van der Waals surface area contributed by atoms with Crippen LogP contribution >= 0.6 is 0 Å². The summed E-state index contributed by atoms with van der Waals surface area (Å²) in [6.07, 6.45) is -6.30. The fourth-order valence-electron chi connectivity index (χ4n) is 1.35. The fraction of sp³-hybridized carbons (Fsp3) is 1.00. The molecule has 0 bridgehead atoms. The highest BCUT2D eigenvalue weighted by molar-refractivity contribution is 4.91. The molecule has 1 saturated heterocycles. The Balaban J connectivity index is 2.82. The first-order valence-electron chi connectivity index (χ1n) is 4.36. The average molecular weight is 225 g/mol. The summed E-state index contributed by atoms with van der Waals surface area (Å²) < 4.78 is 4.72. The van der Waals surface area contributed by atoms with E-state index < -0.39 is 37.0 Å². The molecule has 0 spiro atoms. The van der Waals surface area contributed by atoms with Crippen molar-refractivity contribution in [1.82, 2.24) is 5.48 Å². The van der Waals surface area contributed by atoms with Gasteiger partial charge in [0, 0.05) is 7.05 Å². The zero-order valence-electron chi connectivity index (χ0n) is 8.07. The van der Waals surface area contributed by atoms with Crippen LogP contribution in [0.2, 0.25) is 0 Å². The van der Waals surface area contributed by atoms with Crippen molar-refractivity contribution >= 4 is 0 Å². The molecule has 0 radical (unpaired) electrons.